The van der Waals surface area contributed by atoms with Crippen molar-refractivity contribution in [2.75, 3.05) is 7.11 Å². The van der Waals surface area contributed by atoms with E-state index in [0.29, 0.717) is 6.42 Å². The van der Waals surface area contributed by atoms with E-state index < -0.39 is 0 Å². The van der Waals surface area contributed by atoms with E-state index in [-0.39, 0.29) is 17.6 Å². The number of carbonyl (C=O) groups is 1. The van der Waals surface area contributed by atoms with Gasteiger partial charge in [-0.2, -0.15) is 0 Å². The number of aromatic amines is 1. The molecule has 1 heterocycles. The van der Waals surface area contributed by atoms with Crippen LogP contribution in [-0.4, -0.2) is 23.1 Å². The molecule has 1 aliphatic carbocycles. The number of hydrogen-bond donors (Lipinski definition) is 3. The predicted molar refractivity (Wildman–Crippen MR) is 125 cm³/mol. The third kappa shape index (κ3) is 4.17. The van der Waals surface area contributed by atoms with E-state index in [1.807, 2.05) is 66.7 Å². The molecule has 162 valence electrons. The molecule has 0 bridgehead atoms. The number of urea groups is 1. The highest BCUT2D eigenvalue weighted by Crippen LogP contribution is 2.45. The number of amides is 2. The Morgan fingerprint density at radius 2 is 1.75 bits per heavy atom. The second-order valence-corrected chi connectivity index (χ2v) is 8.29. The Morgan fingerprint density at radius 3 is 2.44 bits per heavy atom. The van der Waals surface area contributed by atoms with Crippen LogP contribution in [0.4, 0.5) is 4.79 Å². The molecular formula is C26H26N4O2. The fraction of sp³-hybridized carbons (Fsp3) is 0.231. The summed E-state index contributed by atoms with van der Waals surface area (Å²) in [5.74, 6) is 1.54. The normalized spacial score (nSPS) is 15.2. The Labute approximate surface area is 187 Å². The number of benzene rings is 3. The van der Waals surface area contributed by atoms with Gasteiger partial charge in [-0.05, 0) is 54.7 Å². The number of H-pyrrole nitrogens is 1. The second-order valence-electron chi connectivity index (χ2n) is 8.29. The molecule has 0 unspecified atom stereocenters. The van der Waals surface area contributed by atoms with Crippen molar-refractivity contribution >= 4 is 17.1 Å². The van der Waals surface area contributed by atoms with Gasteiger partial charge in [0.2, 0.25) is 0 Å². The fourth-order valence-electron chi connectivity index (χ4n) is 4.13. The number of aromatic nitrogens is 2. The first-order chi connectivity index (χ1) is 15.6. The largest absolute Gasteiger partial charge is 0.497 e. The van der Waals surface area contributed by atoms with Crippen LogP contribution in [0.1, 0.15) is 35.8 Å². The third-order valence-electron chi connectivity index (χ3n) is 6.07. The molecule has 1 atom stereocenters. The second kappa shape index (κ2) is 8.38. The zero-order valence-electron chi connectivity index (χ0n) is 18.0. The highest BCUT2D eigenvalue weighted by Gasteiger charge is 2.45. The molecule has 0 spiro atoms. The van der Waals surface area contributed by atoms with Crippen molar-refractivity contribution in [3.63, 3.8) is 0 Å². The minimum absolute atomic E-state index is 0.190. The van der Waals surface area contributed by atoms with Crippen LogP contribution in [0.15, 0.2) is 78.9 Å². The van der Waals surface area contributed by atoms with Gasteiger partial charge in [-0.25, -0.2) is 9.78 Å². The highest BCUT2D eigenvalue weighted by atomic mass is 16.5. The van der Waals surface area contributed by atoms with Crippen molar-refractivity contribution in [2.24, 2.45) is 0 Å². The first kappa shape index (κ1) is 20.1. The van der Waals surface area contributed by atoms with Crippen LogP contribution in [-0.2, 0) is 12.0 Å². The molecule has 2 amide bonds. The number of carbonyl (C=O) groups excluding carboxylic acids is 1. The number of fused-ring (bicyclic) bond motifs is 1. The summed E-state index contributed by atoms with van der Waals surface area (Å²) in [6.07, 6.45) is 2.49. The molecule has 1 aromatic heterocycles. The van der Waals surface area contributed by atoms with E-state index in [9.17, 15) is 4.79 Å². The molecule has 6 heteroatoms. The van der Waals surface area contributed by atoms with E-state index in [4.69, 9.17) is 9.72 Å². The molecule has 5 rings (SSSR count). The number of nitrogens with zero attached hydrogens (tertiary/aromatic N) is 1. The summed E-state index contributed by atoms with van der Waals surface area (Å²) in [4.78, 5) is 21.2. The van der Waals surface area contributed by atoms with E-state index >= 15 is 0 Å². The summed E-state index contributed by atoms with van der Waals surface area (Å²) >= 11 is 0. The van der Waals surface area contributed by atoms with Gasteiger partial charge in [0.15, 0.2) is 0 Å². The van der Waals surface area contributed by atoms with Gasteiger partial charge in [0.25, 0.3) is 0 Å². The number of imidazole rings is 1. The standard InChI is InChI=1S/C26H26N4O2/c1-32-20-13-11-18(12-14-20)17-23(24-27-21-9-5-6-10-22(21)28-24)29-25(31)30-26(15-16-26)19-7-3-2-4-8-19/h2-14,23H,15-17H2,1H3,(H,27,28)(H2,29,30,31)/t23-/m1/s1. The lowest BCUT2D eigenvalue weighted by atomic mass is 10.0. The molecule has 4 aromatic rings. The predicted octanol–water partition coefficient (Wildman–Crippen LogP) is 4.84. The summed E-state index contributed by atoms with van der Waals surface area (Å²) in [5.41, 5.74) is 3.79. The molecule has 0 radical (unpaired) electrons. The molecule has 1 saturated carbocycles. The first-order valence-electron chi connectivity index (χ1n) is 10.9. The monoisotopic (exact) mass is 426 g/mol. The van der Waals surface area contributed by atoms with Gasteiger partial charge in [0.05, 0.1) is 29.7 Å². The van der Waals surface area contributed by atoms with E-state index in [0.717, 1.165) is 46.6 Å². The number of para-hydroxylation sites is 2. The van der Waals surface area contributed by atoms with Crippen molar-refractivity contribution in [3.05, 3.63) is 95.8 Å². The van der Waals surface area contributed by atoms with Crippen molar-refractivity contribution in [3.8, 4) is 5.75 Å². The lowest BCUT2D eigenvalue weighted by Gasteiger charge is -2.22. The maximum Gasteiger partial charge on any atom is 0.316 e. The van der Waals surface area contributed by atoms with Crippen LogP contribution >= 0.6 is 0 Å². The number of methoxy groups -OCH3 is 1. The lowest BCUT2D eigenvalue weighted by Crippen LogP contribution is -2.44. The molecule has 0 saturated heterocycles. The van der Waals surface area contributed by atoms with E-state index in [1.165, 1.54) is 0 Å². The fourth-order valence-corrected chi connectivity index (χ4v) is 4.13. The summed E-state index contributed by atoms with van der Waals surface area (Å²) in [7, 11) is 1.65. The Bertz CT molecular complexity index is 1180. The molecule has 1 fully saturated rings. The quantitative estimate of drug-likeness (QED) is 0.395. The van der Waals surface area contributed by atoms with Gasteiger partial charge < -0.3 is 20.4 Å². The van der Waals surface area contributed by atoms with Crippen molar-refractivity contribution in [2.45, 2.75) is 30.8 Å². The zero-order valence-corrected chi connectivity index (χ0v) is 18.0. The summed E-state index contributed by atoms with van der Waals surface area (Å²) < 4.78 is 5.27. The minimum Gasteiger partial charge on any atom is -0.497 e. The topological polar surface area (TPSA) is 79.0 Å². The maximum atomic E-state index is 13.1. The number of rotatable bonds is 7. The number of nitrogens with one attached hydrogen (secondary N) is 3. The van der Waals surface area contributed by atoms with Crippen LogP contribution in [0.2, 0.25) is 0 Å². The minimum atomic E-state index is -0.303. The van der Waals surface area contributed by atoms with Gasteiger partial charge in [-0.3, -0.25) is 0 Å². The van der Waals surface area contributed by atoms with Crippen LogP contribution in [0.5, 0.6) is 5.75 Å². The molecule has 6 nitrogen and oxygen atoms in total. The summed E-state index contributed by atoms with van der Waals surface area (Å²) in [6.45, 7) is 0. The van der Waals surface area contributed by atoms with Crippen LogP contribution in [0.25, 0.3) is 11.0 Å². The SMILES string of the molecule is COc1ccc(C[C@@H](NC(=O)NC2(c3ccccc3)CC2)c2nc3ccccc3[nH]2)cc1. The van der Waals surface area contributed by atoms with Crippen molar-refractivity contribution in [1.29, 1.82) is 0 Å². The molecule has 1 aliphatic rings. The Morgan fingerprint density at radius 1 is 1.03 bits per heavy atom. The molecule has 3 aromatic carbocycles. The van der Waals surface area contributed by atoms with E-state index in [2.05, 4.69) is 27.8 Å². The lowest BCUT2D eigenvalue weighted by molar-refractivity contribution is 0.231. The van der Waals surface area contributed by atoms with Crippen LogP contribution in [0, 0.1) is 0 Å². The molecular weight excluding hydrogens is 400 g/mol. The number of ether oxygens (including phenoxy) is 1. The Kier molecular flexibility index (Phi) is 5.27. The number of hydrogen-bond acceptors (Lipinski definition) is 3. The Hall–Kier alpha value is -3.80. The van der Waals surface area contributed by atoms with Gasteiger partial charge in [0.1, 0.15) is 11.6 Å². The van der Waals surface area contributed by atoms with E-state index in [1.54, 1.807) is 7.11 Å². The molecule has 0 aliphatic heterocycles. The van der Waals surface area contributed by atoms with Gasteiger partial charge in [0, 0.05) is 0 Å². The smallest absolute Gasteiger partial charge is 0.316 e. The highest BCUT2D eigenvalue weighted by molar-refractivity contribution is 5.77. The van der Waals surface area contributed by atoms with Gasteiger partial charge in [-0.15, -0.1) is 0 Å². The first-order valence-corrected chi connectivity index (χ1v) is 10.9. The van der Waals surface area contributed by atoms with Crippen molar-refractivity contribution in [1.82, 2.24) is 20.6 Å². The third-order valence-corrected chi connectivity index (χ3v) is 6.07. The zero-order chi connectivity index (χ0) is 22.0. The summed E-state index contributed by atoms with van der Waals surface area (Å²) in [6, 6.07) is 25.4. The maximum absolute atomic E-state index is 13.1. The van der Waals surface area contributed by atoms with Gasteiger partial charge in [-0.1, -0.05) is 54.6 Å². The average Bonchev–Trinajstić information content (AvgIpc) is 3.47. The van der Waals surface area contributed by atoms with Crippen molar-refractivity contribution < 1.29 is 9.53 Å². The Balaban J connectivity index is 1.38. The van der Waals surface area contributed by atoms with Crippen LogP contribution < -0.4 is 15.4 Å². The van der Waals surface area contributed by atoms with Crippen LogP contribution in [0.3, 0.4) is 0 Å². The molecule has 32 heavy (non-hydrogen) atoms. The average molecular weight is 427 g/mol. The summed E-state index contributed by atoms with van der Waals surface area (Å²) in [5, 5.41) is 6.37. The van der Waals surface area contributed by atoms with Gasteiger partial charge >= 0.3 is 6.03 Å². The molecule has 3 N–H and O–H groups in total.